The van der Waals surface area contributed by atoms with E-state index in [1.165, 1.54) is 7.11 Å². The standard InChI is InChI=1S/C9H13NO3/c1-13-10-7-4-6-2-3-9(7,5-6)8(11)12/h6H,2-5H2,1H3,(H,11,12)/b10-7+. The summed E-state index contributed by atoms with van der Waals surface area (Å²) >= 11 is 0. The maximum Gasteiger partial charge on any atom is 0.315 e. The molecule has 2 aliphatic rings. The lowest BCUT2D eigenvalue weighted by molar-refractivity contribution is -0.144. The van der Waals surface area contributed by atoms with Gasteiger partial charge in [-0.1, -0.05) is 5.16 Å². The molecule has 1 N–H and O–H groups in total. The molecule has 2 atom stereocenters. The number of oxime groups is 1. The van der Waals surface area contributed by atoms with Gasteiger partial charge in [0.05, 0.1) is 5.71 Å². The van der Waals surface area contributed by atoms with Crippen molar-refractivity contribution in [3.8, 4) is 0 Å². The number of hydrogen-bond donors (Lipinski definition) is 1. The van der Waals surface area contributed by atoms with Crippen molar-refractivity contribution >= 4 is 11.7 Å². The number of rotatable bonds is 2. The zero-order valence-corrected chi connectivity index (χ0v) is 7.62. The van der Waals surface area contributed by atoms with E-state index in [0.29, 0.717) is 5.92 Å². The van der Waals surface area contributed by atoms with E-state index in [4.69, 9.17) is 5.11 Å². The molecule has 2 bridgehead atoms. The highest BCUT2D eigenvalue weighted by Gasteiger charge is 2.55. The number of carboxylic acid groups (broad SMARTS) is 1. The SMILES string of the molecule is CO/N=C1\CC2CCC1(C(=O)O)C2. The third-order valence-electron chi connectivity index (χ3n) is 3.26. The molecule has 72 valence electrons. The second-order valence-corrected chi connectivity index (χ2v) is 3.92. The van der Waals surface area contributed by atoms with Crippen LogP contribution in [0.5, 0.6) is 0 Å². The first-order chi connectivity index (χ1) is 6.19. The molecule has 13 heavy (non-hydrogen) atoms. The fourth-order valence-electron chi connectivity index (χ4n) is 2.61. The third-order valence-corrected chi connectivity index (χ3v) is 3.26. The monoisotopic (exact) mass is 183 g/mol. The molecule has 0 aliphatic heterocycles. The molecule has 0 aromatic carbocycles. The Labute approximate surface area is 76.6 Å². The summed E-state index contributed by atoms with van der Waals surface area (Å²) in [5, 5.41) is 13.0. The number of hydrogen-bond acceptors (Lipinski definition) is 3. The average Bonchev–Trinajstić information content (AvgIpc) is 2.62. The van der Waals surface area contributed by atoms with Crippen molar-refractivity contribution in [1.82, 2.24) is 0 Å². The lowest BCUT2D eigenvalue weighted by atomic mass is 9.82. The van der Waals surface area contributed by atoms with Crippen LogP contribution in [-0.2, 0) is 9.63 Å². The van der Waals surface area contributed by atoms with Gasteiger partial charge in [0.2, 0.25) is 0 Å². The minimum atomic E-state index is -0.733. The Balaban J connectivity index is 2.33. The van der Waals surface area contributed by atoms with E-state index < -0.39 is 11.4 Å². The van der Waals surface area contributed by atoms with Crippen LogP contribution in [0.1, 0.15) is 25.7 Å². The molecule has 2 unspecified atom stereocenters. The maximum atomic E-state index is 11.1. The molecule has 4 heteroatoms. The van der Waals surface area contributed by atoms with Crippen molar-refractivity contribution in [3.05, 3.63) is 0 Å². The van der Waals surface area contributed by atoms with Crippen LogP contribution in [-0.4, -0.2) is 23.9 Å². The highest BCUT2D eigenvalue weighted by Crippen LogP contribution is 2.52. The van der Waals surface area contributed by atoms with Crippen molar-refractivity contribution in [2.75, 3.05) is 7.11 Å². The molecule has 2 rings (SSSR count). The van der Waals surface area contributed by atoms with Crippen molar-refractivity contribution in [1.29, 1.82) is 0 Å². The summed E-state index contributed by atoms with van der Waals surface area (Å²) in [4.78, 5) is 15.8. The lowest BCUT2D eigenvalue weighted by Crippen LogP contribution is -2.34. The summed E-state index contributed by atoms with van der Waals surface area (Å²) < 4.78 is 0. The molecular formula is C9H13NO3. The fraction of sp³-hybridized carbons (Fsp3) is 0.778. The Morgan fingerprint density at radius 1 is 1.77 bits per heavy atom. The zero-order valence-electron chi connectivity index (χ0n) is 7.62. The van der Waals surface area contributed by atoms with Crippen LogP contribution in [0.2, 0.25) is 0 Å². The molecule has 0 aromatic rings. The maximum absolute atomic E-state index is 11.1. The Morgan fingerprint density at radius 3 is 3.08 bits per heavy atom. The number of carbonyl (C=O) groups is 1. The van der Waals surface area contributed by atoms with E-state index in [-0.39, 0.29) is 0 Å². The predicted octanol–water partition coefficient (Wildman–Crippen LogP) is 1.26. The van der Waals surface area contributed by atoms with Gasteiger partial charge in [0.15, 0.2) is 0 Å². The van der Waals surface area contributed by atoms with Crippen molar-refractivity contribution in [2.24, 2.45) is 16.5 Å². The van der Waals surface area contributed by atoms with Crippen LogP contribution in [0, 0.1) is 11.3 Å². The van der Waals surface area contributed by atoms with E-state index in [1.54, 1.807) is 0 Å². The van der Waals surface area contributed by atoms with Crippen LogP contribution < -0.4 is 0 Å². The van der Waals surface area contributed by atoms with Crippen molar-refractivity contribution < 1.29 is 14.7 Å². The summed E-state index contributed by atoms with van der Waals surface area (Å²) in [6, 6.07) is 0. The first-order valence-electron chi connectivity index (χ1n) is 4.53. The van der Waals surface area contributed by atoms with Gasteiger partial charge in [0.25, 0.3) is 0 Å². The number of nitrogens with zero attached hydrogens (tertiary/aromatic N) is 1. The summed E-state index contributed by atoms with van der Waals surface area (Å²) in [7, 11) is 1.47. The molecule has 2 aliphatic carbocycles. The van der Waals surface area contributed by atoms with E-state index in [9.17, 15) is 4.79 Å². The topological polar surface area (TPSA) is 58.9 Å². The van der Waals surface area contributed by atoms with Gasteiger partial charge < -0.3 is 9.94 Å². The first-order valence-corrected chi connectivity index (χ1v) is 4.53. The van der Waals surface area contributed by atoms with Gasteiger partial charge in [-0.3, -0.25) is 4.79 Å². The molecule has 0 heterocycles. The van der Waals surface area contributed by atoms with Crippen LogP contribution >= 0.6 is 0 Å². The third kappa shape index (κ3) is 1.04. The molecule has 0 amide bonds. The number of fused-ring (bicyclic) bond motifs is 2. The Bertz CT molecular complexity index is 274. The second-order valence-electron chi connectivity index (χ2n) is 3.92. The van der Waals surface area contributed by atoms with E-state index in [0.717, 1.165) is 31.4 Å². The minimum Gasteiger partial charge on any atom is -0.481 e. The molecule has 0 saturated heterocycles. The predicted molar refractivity (Wildman–Crippen MR) is 46.5 cm³/mol. The van der Waals surface area contributed by atoms with Crippen molar-refractivity contribution in [3.63, 3.8) is 0 Å². The van der Waals surface area contributed by atoms with Crippen LogP contribution in [0.25, 0.3) is 0 Å². The van der Waals surface area contributed by atoms with E-state index in [2.05, 4.69) is 9.99 Å². The lowest BCUT2D eigenvalue weighted by Gasteiger charge is -2.21. The average molecular weight is 183 g/mol. The van der Waals surface area contributed by atoms with E-state index in [1.807, 2.05) is 0 Å². The first kappa shape index (κ1) is 8.53. The van der Waals surface area contributed by atoms with Gasteiger partial charge in [-0.05, 0) is 31.6 Å². The summed E-state index contributed by atoms with van der Waals surface area (Å²) in [5.41, 5.74) is 0.0551. The fourth-order valence-corrected chi connectivity index (χ4v) is 2.61. The Morgan fingerprint density at radius 2 is 2.54 bits per heavy atom. The van der Waals surface area contributed by atoms with E-state index >= 15 is 0 Å². The minimum absolute atomic E-state index is 0.519. The number of carboxylic acids is 1. The molecule has 2 saturated carbocycles. The highest BCUT2D eigenvalue weighted by molar-refractivity contribution is 6.08. The highest BCUT2D eigenvalue weighted by atomic mass is 16.6. The van der Waals surface area contributed by atoms with Gasteiger partial charge in [-0.2, -0.15) is 0 Å². The molecular weight excluding hydrogens is 170 g/mol. The van der Waals surface area contributed by atoms with Crippen molar-refractivity contribution in [2.45, 2.75) is 25.7 Å². The zero-order chi connectivity index (χ0) is 9.47. The molecule has 0 aromatic heterocycles. The quantitative estimate of drug-likeness (QED) is 0.656. The molecule has 2 fully saturated rings. The van der Waals surface area contributed by atoms with Gasteiger partial charge in [-0.25, -0.2) is 0 Å². The number of aliphatic carboxylic acids is 1. The molecule has 0 spiro atoms. The second kappa shape index (κ2) is 2.72. The summed E-state index contributed by atoms with van der Waals surface area (Å²) in [6.45, 7) is 0. The van der Waals surface area contributed by atoms with Gasteiger partial charge in [0.1, 0.15) is 12.5 Å². The summed E-state index contributed by atoms with van der Waals surface area (Å²) in [6.07, 6.45) is 3.31. The smallest absolute Gasteiger partial charge is 0.315 e. The molecule has 4 nitrogen and oxygen atoms in total. The van der Waals surface area contributed by atoms with Gasteiger partial charge in [-0.15, -0.1) is 0 Å². The van der Waals surface area contributed by atoms with Gasteiger partial charge in [0, 0.05) is 0 Å². The summed E-state index contributed by atoms with van der Waals surface area (Å²) in [5.74, 6) is -0.215. The largest absolute Gasteiger partial charge is 0.481 e. The molecule has 0 radical (unpaired) electrons. The van der Waals surface area contributed by atoms with Crippen LogP contribution in [0.15, 0.2) is 5.16 Å². The Hall–Kier alpha value is -1.06. The van der Waals surface area contributed by atoms with Crippen LogP contribution in [0.3, 0.4) is 0 Å². The van der Waals surface area contributed by atoms with Gasteiger partial charge >= 0.3 is 5.97 Å². The Kier molecular flexibility index (Phi) is 1.78. The van der Waals surface area contributed by atoms with Crippen LogP contribution in [0.4, 0.5) is 0 Å². The normalized spacial score (nSPS) is 39.8.